The van der Waals surface area contributed by atoms with Gasteiger partial charge in [-0.25, -0.2) is 0 Å². The van der Waals surface area contributed by atoms with Crippen LogP contribution in [-0.4, -0.2) is 33.1 Å². The van der Waals surface area contributed by atoms with Gasteiger partial charge in [0.15, 0.2) is 0 Å². The van der Waals surface area contributed by atoms with E-state index in [-0.39, 0.29) is 0 Å². The lowest BCUT2D eigenvalue weighted by Gasteiger charge is -2.13. The van der Waals surface area contributed by atoms with Crippen molar-refractivity contribution < 1.29 is 9.53 Å². The molecule has 0 aliphatic heterocycles. The maximum absolute atomic E-state index is 10.0. The standard InChI is InChI=1S/C8H17NO2/c1-9-8(4-3-6-10)5-7-11-2/h6,8-9H,3-5,7H2,1-2H3. The Morgan fingerprint density at radius 2 is 2.27 bits per heavy atom. The van der Waals surface area contributed by atoms with Gasteiger partial charge in [-0.15, -0.1) is 0 Å². The third-order valence-corrected chi connectivity index (χ3v) is 1.71. The van der Waals surface area contributed by atoms with E-state index in [1.54, 1.807) is 7.11 Å². The van der Waals surface area contributed by atoms with Crippen molar-refractivity contribution in [1.29, 1.82) is 0 Å². The minimum Gasteiger partial charge on any atom is -0.385 e. The van der Waals surface area contributed by atoms with Crippen molar-refractivity contribution in [2.75, 3.05) is 20.8 Å². The summed E-state index contributed by atoms with van der Waals surface area (Å²) in [6.07, 6.45) is 3.47. The fourth-order valence-electron chi connectivity index (χ4n) is 0.962. The van der Waals surface area contributed by atoms with Gasteiger partial charge in [0, 0.05) is 26.2 Å². The van der Waals surface area contributed by atoms with Crippen LogP contribution in [0.15, 0.2) is 0 Å². The summed E-state index contributed by atoms with van der Waals surface area (Å²) in [6.45, 7) is 0.754. The Bertz CT molecular complexity index is 96.1. The molecule has 1 unspecified atom stereocenters. The summed E-state index contributed by atoms with van der Waals surface area (Å²) >= 11 is 0. The zero-order chi connectivity index (χ0) is 8.53. The van der Waals surface area contributed by atoms with Crippen LogP contribution < -0.4 is 5.32 Å². The predicted octanol–water partition coefficient (Wildman–Crippen LogP) is 0.590. The summed E-state index contributed by atoms with van der Waals surface area (Å²) in [6, 6.07) is 0.417. The molecule has 0 aromatic heterocycles. The van der Waals surface area contributed by atoms with Crippen molar-refractivity contribution in [3.63, 3.8) is 0 Å². The van der Waals surface area contributed by atoms with Gasteiger partial charge < -0.3 is 14.8 Å². The number of nitrogens with one attached hydrogen (secondary N) is 1. The van der Waals surface area contributed by atoms with Gasteiger partial charge in [-0.05, 0) is 19.9 Å². The molecular weight excluding hydrogens is 142 g/mol. The molecule has 1 atom stereocenters. The minimum atomic E-state index is 0.417. The third kappa shape index (κ3) is 6.01. The van der Waals surface area contributed by atoms with E-state index in [4.69, 9.17) is 4.74 Å². The van der Waals surface area contributed by atoms with Gasteiger partial charge in [0.2, 0.25) is 0 Å². The molecule has 11 heavy (non-hydrogen) atoms. The Kier molecular flexibility index (Phi) is 7.41. The summed E-state index contributed by atoms with van der Waals surface area (Å²) < 4.78 is 4.93. The van der Waals surface area contributed by atoms with Crippen molar-refractivity contribution >= 4 is 6.29 Å². The predicted molar refractivity (Wildman–Crippen MR) is 44.6 cm³/mol. The lowest BCUT2D eigenvalue weighted by Crippen LogP contribution is -2.26. The summed E-state index contributed by atoms with van der Waals surface area (Å²) in [5.74, 6) is 0. The van der Waals surface area contributed by atoms with Crippen molar-refractivity contribution in [3.8, 4) is 0 Å². The van der Waals surface area contributed by atoms with Crippen LogP contribution in [0.5, 0.6) is 0 Å². The molecular formula is C8H17NO2. The summed E-state index contributed by atoms with van der Waals surface area (Å²) in [5.41, 5.74) is 0. The molecule has 0 saturated heterocycles. The second kappa shape index (κ2) is 7.69. The average Bonchev–Trinajstić information content (AvgIpc) is 2.05. The fourth-order valence-corrected chi connectivity index (χ4v) is 0.962. The molecule has 0 aliphatic rings. The molecule has 0 rings (SSSR count). The number of aldehydes is 1. The smallest absolute Gasteiger partial charge is 0.120 e. The van der Waals surface area contributed by atoms with E-state index in [9.17, 15) is 4.79 Å². The number of methoxy groups -OCH3 is 1. The maximum atomic E-state index is 10.0. The highest BCUT2D eigenvalue weighted by atomic mass is 16.5. The van der Waals surface area contributed by atoms with Crippen molar-refractivity contribution in [2.45, 2.75) is 25.3 Å². The summed E-state index contributed by atoms with van der Waals surface area (Å²) in [4.78, 5) is 10.0. The maximum Gasteiger partial charge on any atom is 0.120 e. The van der Waals surface area contributed by atoms with Crippen molar-refractivity contribution in [1.82, 2.24) is 5.32 Å². The topological polar surface area (TPSA) is 38.3 Å². The molecule has 0 saturated carbocycles. The minimum absolute atomic E-state index is 0.417. The molecule has 0 fully saturated rings. The molecule has 0 amide bonds. The van der Waals surface area contributed by atoms with Crippen LogP contribution in [0.25, 0.3) is 0 Å². The van der Waals surface area contributed by atoms with Gasteiger partial charge in [-0.2, -0.15) is 0 Å². The van der Waals surface area contributed by atoms with Crippen LogP contribution in [0.2, 0.25) is 0 Å². The zero-order valence-corrected chi connectivity index (χ0v) is 7.30. The Morgan fingerprint density at radius 1 is 1.55 bits per heavy atom. The lowest BCUT2D eigenvalue weighted by atomic mass is 10.1. The molecule has 0 bridgehead atoms. The Balaban J connectivity index is 3.32. The Hall–Kier alpha value is -0.410. The fraction of sp³-hybridized carbons (Fsp3) is 0.875. The van der Waals surface area contributed by atoms with Crippen LogP contribution in [0.3, 0.4) is 0 Å². The first kappa shape index (κ1) is 10.6. The SMILES string of the molecule is CNC(CCC=O)CCOC. The molecule has 3 nitrogen and oxygen atoms in total. The first-order chi connectivity index (χ1) is 5.35. The average molecular weight is 159 g/mol. The van der Waals surface area contributed by atoms with Crippen LogP contribution in [-0.2, 0) is 9.53 Å². The molecule has 0 heterocycles. The molecule has 0 spiro atoms. The van der Waals surface area contributed by atoms with E-state index >= 15 is 0 Å². The Labute approximate surface area is 68.1 Å². The van der Waals surface area contributed by atoms with Gasteiger partial charge in [-0.1, -0.05) is 0 Å². The largest absolute Gasteiger partial charge is 0.385 e. The van der Waals surface area contributed by atoms with Crippen molar-refractivity contribution in [2.24, 2.45) is 0 Å². The lowest BCUT2D eigenvalue weighted by molar-refractivity contribution is -0.108. The van der Waals surface area contributed by atoms with E-state index < -0.39 is 0 Å². The summed E-state index contributed by atoms with van der Waals surface area (Å²) in [7, 11) is 3.59. The number of ether oxygens (including phenoxy) is 1. The molecule has 0 aromatic rings. The molecule has 1 N–H and O–H groups in total. The molecule has 66 valence electrons. The highest BCUT2D eigenvalue weighted by Crippen LogP contribution is 1.99. The summed E-state index contributed by atoms with van der Waals surface area (Å²) in [5, 5.41) is 3.13. The van der Waals surface area contributed by atoms with Gasteiger partial charge in [0.1, 0.15) is 6.29 Å². The molecule has 0 aliphatic carbocycles. The monoisotopic (exact) mass is 159 g/mol. The van der Waals surface area contributed by atoms with Crippen molar-refractivity contribution in [3.05, 3.63) is 0 Å². The van der Waals surface area contributed by atoms with Gasteiger partial charge in [0.05, 0.1) is 0 Å². The number of carbonyl (C=O) groups is 1. The van der Waals surface area contributed by atoms with E-state index in [0.29, 0.717) is 12.5 Å². The second-order valence-corrected chi connectivity index (χ2v) is 2.51. The van der Waals surface area contributed by atoms with Crippen LogP contribution >= 0.6 is 0 Å². The number of hydrogen-bond donors (Lipinski definition) is 1. The van der Waals surface area contributed by atoms with E-state index in [2.05, 4.69) is 5.32 Å². The van der Waals surface area contributed by atoms with Crippen LogP contribution in [0, 0.1) is 0 Å². The molecule has 0 aromatic carbocycles. The number of rotatable bonds is 7. The van der Waals surface area contributed by atoms with Crippen LogP contribution in [0.4, 0.5) is 0 Å². The number of carbonyl (C=O) groups excluding carboxylic acids is 1. The normalized spacial score (nSPS) is 12.9. The zero-order valence-electron chi connectivity index (χ0n) is 7.30. The van der Waals surface area contributed by atoms with Gasteiger partial charge >= 0.3 is 0 Å². The molecule has 0 radical (unpaired) electrons. The first-order valence-electron chi connectivity index (χ1n) is 3.95. The van der Waals surface area contributed by atoms with E-state index in [1.165, 1.54) is 0 Å². The highest BCUT2D eigenvalue weighted by molar-refractivity contribution is 5.49. The Morgan fingerprint density at radius 3 is 2.73 bits per heavy atom. The first-order valence-corrected chi connectivity index (χ1v) is 3.95. The second-order valence-electron chi connectivity index (χ2n) is 2.51. The van der Waals surface area contributed by atoms with E-state index in [1.807, 2.05) is 7.05 Å². The molecule has 3 heteroatoms. The highest BCUT2D eigenvalue weighted by Gasteiger charge is 2.03. The number of hydrogen-bond acceptors (Lipinski definition) is 3. The van der Waals surface area contributed by atoms with Gasteiger partial charge in [-0.3, -0.25) is 0 Å². The van der Waals surface area contributed by atoms with Crippen LogP contribution in [0.1, 0.15) is 19.3 Å². The van der Waals surface area contributed by atoms with E-state index in [0.717, 1.165) is 25.7 Å². The van der Waals surface area contributed by atoms with Gasteiger partial charge in [0.25, 0.3) is 0 Å². The quantitative estimate of drug-likeness (QED) is 0.552. The third-order valence-electron chi connectivity index (χ3n) is 1.71.